The maximum absolute atomic E-state index is 11.8. The first-order chi connectivity index (χ1) is 8.13. The van der Waals surface area contributed by atoms with Gasteiger partial charge in [0, 0.05) is 6.04 Å². The van der Waals surface area contributed by atoms with E-state index in [0.29, 0.717) is 12.0 Å². The minimum absolute atomic E-state index is 0.110. The molecule has 1 saturated carbocycles. The summed E-state index contributed by atoms with van der Waals surface area (Å²) in [6.07, 6.45) is 5.97. The van der Waals surface area contributed by atoms with Gasteiger partial charge in [0.05, 0.1) is 7.11 Å². The maximum Gasteiger partial charge on any atom is 0.323 e. The van der Waals surface area contributed by atoms with Crippen LogP contribution < -0.4 is 5.32 Å². The van der Waals surface area contributed by atoms with Crippen LogP contribution in [0.4, 0.5) is 0 Å². The van der Waals surface area contributed by atoms with E-state index in [1.165, 1.54) is 32.8 Å². The van der Waals surface area contributed by atoms with Crippen LogP contribution in [0.3, 0.4) is 0 Å². The predicted octanol–water partition coefficient (Wildman–Crippen LogP) is 2.74. The second-order valence-electron chi connectivity index (χ2n) is 5.26. The van der Waals surface area contributed by atoms with Crippen LogP contribution >= 0.6 is 0 Å². The van der Waals surface area contributed by atoms with Gasteiger partial charge in [-0.1, -0.05) is 40.0 Å². The third-order valence-electron chi connectivity index (χ3n) is 4.25. The molecule has 100 valence electrons. The van der Waals surface area contributed by atoms with Crippen molar-refractivity contribution in [3.8, 4) is 0 Å². The number of carbonyl (C=O) groups excluding carboxylic acids is 1. The molecule has 17 heavy (non-hydrogen) atoms. The third-order valence-corrected chi connectivity index (χ3v) is 4.25. The number of rotatable bonds is 6. The zero-order valence-corrected chi connectivity index (χ0v) is 11.7. The molecule has 0 aromatic rings. The Morgan fingerprint density at radius 2 is 2.12 bits per heavy atom. The van der Waals surface area contributed by atoms with Gasteiger partial charge < -0.3 is 10.1 Å². The van der Waals surface area contributed by atoms with Crippen molar-refractivity contribution in [2.24, 2.45) is 11.8 Å². The number of esters is 1. The molecule has 0 aromatic carbocycles. The van der Waals surface area contributed by atoms with E-state index in [9.17, 15) is 4.79 Å². The molecule has 1 rings (SSSR count). The second-order valence-corrected chi connectivity index (χ2v) is 5.26. The fourth-order valence-corrected chi connectivity index (χ4v) is 2.80. The van der Waals surface area contributed by atoms with Crippen LogP contribution in [0.15, 0.2) is 0 Å². The standard InChI is InChI=1S/C14H27NO2/c1-5-10(3)13(14(16)17-4)15-12-9-7-8-11(12)6-2/h10-13,15H,5-9H2,1-4H3. The Balaban J connectivity index is 2.62. The van der Waals surface area contributed by atoms with Crippen LogP contribution in [0.25, 0.3) is 0 Å². The first kappa shape index (κ1) is 14.5. The molecule has 3 nitrogen and oxygen atoms in total. The molecule has 1 fully saturated rings. The zero-order chi connectivity index (χ0) is 12.8. The molecule has 0 amide bonds. The minimum atomic E-state index is -0.137. The molecule has 0 aliphatic heterocycles. The number of carbonyl (C=O) groups is 1. The van der Waals surface area contributed by atoms with Gasteiger partial charge in [0.25, 0.3) is 0 Å². The summed E-state index contributed by atoms with van der Waals surface area (Å²) in [4.78, 5) is 11.8. The Kier molecular flexibility index (Phi) is 5.96. The van der Waals surface area contributed by atoms with Crippen LogP contribution in [0.5, 0.6) is 0 Å². The SMILES string of the molecule is CCC(C)C(NC1CCCC1CC)C(=O)OC. The van der Waals surface area contributed by atoms with Gasteiger partial charge in [-0.15, -0.1) is 0 Å². The molecule has 4 unspecified atom stereocenters. The van der Waals surface area contributed by atoms with Gasteiger partial charge in [-0.05, 0) is 24.7 Å². The van der Waals surface area contributed by atoms with Gasteiger partial charge in [-0.3, -0.25) is 4.79 Å². The lowest BCUT2D eigenvalue weighted by Gasteiger charge is -2.28. The maximum atomic E-state index is 11.8. The molecule has 0 saturated heterocycles. The van der Waals surface area contributed by atoms with Crippen molar-refractivity contribution >= 4 is 5.97 Å². The lowest BCUT2D eigenvalue weighted by atomic mass is 9.95. The Labute approximate surface area is 105 Å². The first-order valence-electron chi connectivity index (χ1n) is 6.97. The highest BCUT2D eigenvalue weighted by atomic mass is 16.5. The first-order valence-corrected chi connectivity index (χ1v) is 6.97. The molecule has 0 spiro atoms. The van der Waals surface area contributed by atoms with Gasteiger partial charge in [-0.2, -0.15) is 0 Å². The lowest BCUT2D eigenvalue weighted by Crippen LogP contribution is -2.48. The fraction of sp³-hybridized carbons (Fsp3) is 0.929. The van der Waals surface area contributed by atoms with Gasteiger partial charge in [0.15, 0.2) is 0 Å². The lowest BCUT2D eigenvalue weighted by molar-refractivity contribution is -0.144. The van der Waals surface area contributed by atoms with Crippen LogP contribution in [-0.2, 0) is 9.53 Å². The summed E-state index contributed by atoms with van der Waals surface area (Å²) in [5.41, 5.74) is 0. The molecule has 3 heteroatoms. The van der Waals surface area contributed by atoms with E-state index >= 15 is 0 Å². The van der Waals surface area contributed by atoms with Gasteiger partial charge in [0.2, 0.25) is 0 Å². The average molecular weight is 241 g/mol. The average Bonchev–Trinajstić information content (AvgIpc) is 2.81. The van der Waals surface area contributed by atoms with Crippen LogP contribution in [-0.4, -0.2) is 25.2 Å². The van der Waals surface area contributed by atoms with Gasteiger partial charge in [-0.25, -0.2) is 0 Å². The highest BCUT2D eigenvalue weighted by Gasteiger charge is 2.32. The van der Waals surface area contributed by atoms with E-state index in [1.54, 1.807) is 0 Å². The molecule has 4 atom stereocenters. The van der Waals surface area contributed by atoms with Crippen LogP contribution in [0.1, 0.15) is 52.9 Å². The molecular formula is C14H27NO2. The van der Waals surface area contributed by atoms with E-state index in [4.69, 9.17) is 4.74 Å². The summed E-state index contributed by atoms with van der Waals surface area (Å²) in [5, 5.41) is 3.54. The highest BCUT2D eigenvalue weighted by molar-refractivity contribution is 5.76. The van der Waals surface area contributed by atoms with Crippen molar-refractivity contribution in [1.82, 2.24) is 5.32 Å². The Bertz CT molecular complexity index is 242. The summed E-state index contributed by atoms with van der Waals surface area (Å²) in [7, 11) is 1.48. The largest absolute Gasteiger partial charge is 0.468 e. The molecular weight excluding hydrogens is 214 g/mol. The van der Waals surface area contributed by atoms with Crippen molar-refractivity contribution in [1.29, 1.82) is 0 Å². The van der Waals surface area contributed by atoms with Crippen molar-refractivity contribution < 1.29 is 9.53 Å². The zero-order valence-electron chi connectivity index (χ0n) is 11.7. The monoisotopic (exact) mass is 241 g/mol. The number of nitrogens with one attached hydrogen (secondary N) is 1. The van der Waals surface area contributed by atoms with Crippen molar-refractivity contribution in [3.63, 3.8) is 0 Å². The molecule has 0 aromatic heterocycles. The van der Waals surface area contributed by atoms with Crippen LogP contribution in [0, 0.1) is 11.8 Å². The molecule has 0 heterocycles. The van der Waals surface area contributed by atoms with Crippen molar-refractivity contribution in [2.45, 2.75) is 65.0 Å². The van der Waals surface area contributed by atoms with E-state index < -0.39 is 0 Å². The molecule has 1 N–H and O–H groups in total. The minimum Gasteiger partial charge on any atom is -0.468 e. The molecule has 1 aliphatic carbocycles. The summed E-state index contributed by atoms with van der Waals surface area (Å²) in [5.74, 6) is 0.952. The number of hydrogen-bond acceptors (Lipinski definition) is 3. The highest BCUT2D eigenvalue weighted by Crippen LogP contribution is 2.29. The quantitative estimate of drug-likeness (QED) is 0.727. The summed E-state index contributed by atoms with van der Waals surface area (Å²) < 4.78 is 4.91. The Morgan fingerprint density at radius 3 is 2.65 bits per heavy atom. The van der Waals surface area contributed by atoms with Crippen molar-refractivity contribution in [3.05, 3.63) is 0 Å². The number of methoxy groups -OCH3 is 1. The van der Waals surface area contributed by atoms with E-state index in [1.807, 2.05) is 0 Å². The Hall–Kier alpha value is -0.570. The van der Waals surface area contributed by atoms with E-state index in [-0.39, 0.29) is 12.0 Å². The summed E-state index contributed by atoms with van der Waals surface area (Å²) in [6, 6.07) is 0.361. The van der Waals surface area contributed by atoms with Crippen molar-refractivity contribution in [2.75, 3.05) is 7.11 Å². The molecule has 0 radical (unpaired) electrons. The van der Waals surface area contributed by atoms with E-state index in [0.717, 1.165) is 12.3 Å². The smallest absolute Gasteiger partial charge is 0.323 e. The normalized spacial score (nSPS) is 27.8. The second kappa shape index (κ2) is 7.00. The molecule has 1 aliphatic rings. The van der Waals surface area contributed by atoms with Gasteiger partial charge in [0.1, 0.15) is 6.04 Å². The third kappa shape index (κ3) is 3.70. The van der Waals surface area contributed by atoms with Crippen LogP contribution in [0.2, 0.25) is 0 Å². The predicted molar refractivity (Wildman–Crippen MR) is 69.8 cm³/mol. The summed E-state index contributed by atoms with van der Waals surface area (Å²) >= 11 is 0. The number of hydrogen-bond donors (Lipinski definition) is 1. The van der Waals surface area contributed by atoms with Gasteiger partial charge >= 0.3 is 5.97 Å². The number of ether oxygens (including phenoxy) is 1. The summed E-state index contributed by atoms with van der Waals surface area (Å²) in [6.45, 7) is 6.47. The Morgan fingerprint density at radius 1 is 1.41 bits per heavy atom. The fourth-order valence-electron chi connectivity index (χ4n) is 2.80. The molecule has 0 bridgehead atoms. The van der Waals surface area contributed by atoms with E-state index in [2.05, 4.69) is 26.1 Å². The topological polar surface area (TPSA) is 38.3 Å².